The summed E-state index contributed by atoms with van der Waals surface area (Å²) in [6.07, 6.45) is 2.02. The molecule has 0 aliphatic carbocycles. The standard InChI is InChI=1S/C11H12BrClO3S/c1-17(14,15)6-10(13)9-5-8(12)4-7-2-3-16-11(7)9/h4-5,10H,2-3,6H2,1H3. The molecule has 0 spiro atoms. The molecule has 94 valence electrons. The van der Waals surface area contributed by atoms with Gasteiger partial charge in [-0.15, -0.1) is 11.6 Å². The highest BCUT2D eigenvalue weighted by Crippen LogP contribution is 2.39. The molecular weight excluding hydrogens is 328 g/mol. The van der Waals surface area contributed by atoms with E-state index in [-0.39, 0.29) is 5.75 Å². The summed E-state index contributed by atoms with van der Waals surface area (Å²) in [4.78, 5) is 0. The van der Waals surface area contributed by atoms with E-state index in [4.69, 9.17) is 16.3 Å². The Hall–Kier alpha value is -0.260. The van der Waals surface area contributed by atoms with Crippen molar-refractivity contribution in [1.82, 2.24) is 0 Å². The van der Waals surface area contributed by atoms with Gasteiger partial charge in [0.15, 0.2) is 0 Å². The van der Waals surface area contributed by atoms with E-state index in [0.29, 0.717) is 6.61 Å². The quantitative estimate of drug-likeness (QED) is 0.795. The van der Waals surface area contributed by atoms with Gasteiger partial charge in [-0.2, -0.15) is 0 Å². The lowest BCUT2D eigenvalue weighted by molar-refractivity contribution is 0.353. The van der Waals surface area contributed by atoms with Gasteiger partial charge in [-0.05, 0) is 17.7 Å². The molecule has 0 saturated heterocycles. The number of alkyl halides is 1. The number of hydrogen-bond donors (Lipinski definition) is 0. The van der Waals surface area contributed by atoms with Crippen molar-refractivity contribution in [1.29, 1.82) is 0 Å². The van der Waals surface area contributed by atoms with Crippen LogP contribution in [-0.4, -0.2) is 27.0 Å². The van der Waals surface area contributed by atoms with Crippen molar-refractivity contribution in [3.63, 3.8) is 0 Å². The fraction of sp³-hybridized carbons (Fsp3) is 0.455. The fourth-order valence-electron chi connectivity index (χ4n) is 1.89. The third kappa shape index (κ3) is 3.14. The average Bonchev–Trinajstić information content (AvgIpc) is 2.60. The van der Waals surface area contributed by atoms with Gasteiger partial charge in [0, 0.05) is 22.7 Å². The molecule has 0 bridgehead atoms. The van der Waals surface area contributed by atoms with Crippen molar-refractivity contribution in [3.05, 3.63) is 27.7 Å². The van der Waals surface area contributed by atoms with Gasteiger partial charge in [0.05, 0.1) is 17.7 Å². The van der Waals surface area contributed by atoms with Crippen LogP contribution >= 0.6 is 27.5 Å². The van der Waals surface area contributed by atoms with Crippen LogP contribution in [0, 0.1) is 0 Å². The molecule has 1 heterocycles. The predicted octanol–water partition coefficient (Wildman–Crippen LogP) is 2.71. The first-order chi connectivity index (χ1) is 7.87. The van der Waals surface area contributed by atoms with Crippen LogP contribution in [0.1, 0.15) is 16.5 Å². The predicted molar refractivity (Wildman–Crippen MR) is 71.6 cm³/mol. The number of hydrogen-bond acceptors (Lipinski definition) is 3. The van der Waals surface area contributed by atoms with E-state index in [1.165, 1.54) is 6.26 Å². The minimum absolute atomic E-state index is 0.0825. The number of sulfone groups is 1. The molecule has 1 aromatic rings. The zero-order valence-corrected chi connectivity index (χ0v) is 12.4. The van der Waals surface area contributed by atoms with Gasteiger partial charge in [0.25, 0.3) is 0 Å². The fourth-order valence-corrected chi connectivity index (χ4v) is 3.97. The Bertz CT molecular complexity index is 542. The van der Waals surface area contributed by atoms with E-state index >= 15 is 0 Å². The minimum Gasteiger partial charge on any atom is -0.493 e. The normalized spacial score (nSPS) is 16.4. The average molecular weight is 340 g/mol. The smallest absolute Gasteiger partial charge is 0.149 e. The lowest BCUT2D eigenvalue weighted by Gasteiger charge is -2.13. The first-order valence-corrected chi connectivity index (χ1v) is 8.43. The molecule has 6 heteroatoms. The zero-order valence-electron chi connectivity index (χ0n) is 9.24. The molecular formula is C11H12BrClO3S. The van der Waals surface area contributed by atoms with Gasteiger partial charge in [0.1, 0.15) is 15.6 Å². The van der Waals surface area contributed by atoms with Crippen LogP contribution in [0.5, 0.6) is 5.75 Å². The molecule has 0 amide bonds. The van der Waals surface area contributed by atoms with E-state index in [9.17, 15) is 8.42 Å². The van der Waals surface area contributed by atoms with Gasteiger partial charge in [-0.3, -0.25) is 0 Å². The summed E-state index contributed by atoms with van der Waals surface area (Å²) >= 11 is 9.57. The second-order valence-electron chi connectivity index (χ2n) is 4.14. The summed E-state index contributed by atoms with van der Waals surface area (Å²) in [5.74, 6) is 0.665. The molecule has 0 radical (unpaired) electrons. The Balaban J connectivity index is 2.38. The molecule has 1 atom stereocenters. The van der Waals surface area contributed by atoms with Crippen LogP contribution in [0.25, 0.3) is 0 Å². The Morgan fingerprint density at radius 2 is 2.24 bits per heavy atom. The maximum atomic E-state index is 11.3. The Morgan fingerprint density at radius 1 is 1.53 bits per heavy atom. The SMILES string of the molecule is CS(=O)(=O)CC(Cl)c1cc(Br)cc2c1OCC2. The molecule has 17 heavy (non-hydrogen) atoms. The molecule has 1 unspecified atom stereocenters. The molecule has 0 fully saturated rings. The highest BCUT2D eigenvalue weighted by Gasteiger charge is 2.24. The lowest BCUT2D eigenvalue weighted by atomic mass is 10.1. The third-order valence-corrected chi connectivity index (χ3v) is 4.53. The van der Waals surface area contributed by atoms with Crippen molar-refractivity contribution in [3.8, 4) is 5.75 Å². The summed E-state index contributed by atoms with van der Waals surface area (Å²) in [5.41, 5.74) is 1.83. The first kappa shape index (κ1) is 13.2. The molecule has 0 saturated carbocycles. The zero-order chi connectivity index (χ0) is 12.6. The summed E-state index contributed by atoms with van der Waals surface area (Å²) < 4.78 is 28.9. The Morgan fingerprint density at radius 3 is 2.88 bits per heavy atom. The number of benzene rings is 1. The summed E-state index contributed by atoms with van der Waals surface area (Å²) in [6, 6.07) is 3.81. The molecule has 1 aliphatic heterocycles. The molecule has 1 aromatic carbocycles. The Labute approximate surface area is 114 Å². The van der Waals surface area contributed by atoms with Gasteiger partial charge in [-0.1, -0.05) is 15.9 Å². The van der Waals surface area contributed by atoms with E-state index < -0.39 is 15.2 Å². The maximum Gasteiger partial charge on any atom is 0.149 e. The van der Waals surface area contributed by atoms with Crippen LogP contribution in [0.3, 0.4) is 0 Å². The highest BCUT2D eigenvalue weighted by molar-refractivity contribution is 9.10. The van der Waals surface area contributed by atoms with E-state index in [2.05, 4.69) is 15.9 Å². The first-order valence-electron chi connectivity index (χ1n) is 5.14. The van der Waals surface area contributed by atoms with Crippen LogP contribution in [0.2, 0.25) is 0 Å². The van der Waals surface area contributed by atoms with E-state index in [1.54, 1.807) is 0 Å². The summed E-state index contributed by atoms with van der Waals surface area (Å²) in [6.45, 7) is 0.626. The van der Waals surface area contributed by atoms with Crippen LogP contribution < -0.4 is 4.74 Å². The number of ether oxygens (including phenoxy) is 1. The summed E-state index contributed by atoms with van der Waals surface area (Å²) in [5, 5.41) is -0.575. The van der Waals surface area contributed by atoms with Crippen molar-refractivity contribution in [2.75, 3.05) is 18.6 Å². The number of fused-ring (bicyclic) bond motifs is 1. The second kappa shape index (κ2) is 4.78. The molecule has 0 aromatic heterocycles. The number of rotatable bonds is 3. The van der Waals surface area contributed by atoms with Crippen molar-refractivity contribution < 1.29 is 13.2 Å². The van der Waals surface area contributed by atoms with Gasteiger partial charge in [-0.25, -0.2) is 8.42 Å². The van der Waals surface area contributed by atoms with Gasteiger partial charge >= 0.3 is 0 Å². The van der Waals surface area contributed by atoms with Crippen LogP contribution in [0.4, 0.5) is 0 Å². The molecule has 0 N–H and O–H groups in total. The van der Waals surface area contributed by atoms with E-state index in [0.717, 1.165) is 27.8 Å². The Kier molecular flexibility index (Phi) is 3.71. The maximum absolute atomic E-state index is 11.3. The monoisotopic (exact) mass is 338 g/mol. The lowest BCUT2D eigenvalue weighted by Crippen LogP contribution is -2.09. The third-order valence-electron chi connectivity index (χ3n) is 2.56. The molecule has 2 rings (SSSR count). The minimum atomic E-state index is -3.10. The van der Waals surface area contributed by atoms with Gasteiger partial charge < -0.3 is 4.74 Å². The van der Waals surface area contributed by atoms with Crippen molar-refractivity contribution in [2.24, 2.45) is 0 Å². The van der Waals surface area contributed by atoms with Crippen LogP contribution in [0.15, 0.2) is 16.6 Å². The van der Waals surface area contributed by atoms with Crippen molar-refractivity contribution in [2.45, 2.75) is 11.8 Å². The topological polar surface area (TPSA) is 43.4 Å². The second-order valence-corrected chi connectivity index (χ2v) is 7.77. The van der Waals surface area contributed by atoms with Gasteiger partial charge in [0.2, 0.25) is 0 Å². The highest BCUT2D eigenvalue weighted by atomic mass is 79.9. The molecule has 3 nitrogen and oxygen atoms in total. The number of halogens is 2. The van der Waals surface area contributed by atoms with E-state index in [1.807, 2.05) is 12.1 Å². The van der Waals surface area contributed by atoms with Crippen LogP contribution in [-0.2, 0) is 16.3 Å². The summed E-state index contributed by atoms with van der Waals surface area (Å²) in [7, 11) is -3.10. The largest absolute Gasteiger partial charge is 0.493 e. The molecule has 1 aliphatic rings. The van der Waals surface area contributed by atoms with Crippen molar-refractivity contribution >= 4 is 37.4 Å².